The summed E-state index contributed by atoms with van der Waals surface area (Å²) < 4.78 is 0. The molecule has 16 heavy (non-hydrogen) atoms. The fourth-order valence-electron chi connectivity index (χ4n) is 1.42. The summed E-state index contributed by atoms with van der Waals surface area (Å²) in [6.07, 6.45) is 1.71. The lowest BCUT2D eigenvalue weighted by atomic mass is 10.2. The molecule has 0 atom stereocenters. The average Bonchev–Trinajstić information content (AvgIpc) is 2.59. The molecule has 1 aliphatic heterocycles. The SMILES string of the molecule is CN1CCN(N=Cc2ccccc2)C1=O.Cl. The topological polar surface area (TPSA) is 35.9 Å². The van der Waals surface area contributed by atoms with Gasteiger partial charge < -0.3 is 4.90 Å². The van der Waals surface area contributed by atoms with Crippen molar-refractivity contribution in [1.82, 2.24) is 9.91 Å². The molecule has 0 saturated carbocycles. The monoisotopic (exact) mass is 239 g/mol. The second-order valence-corrected chi connectivity index (χ2v) is 3.48. The summed E-state index contributed by atoms with van der Waals surface area (Å²) in [5, 5.41) is 5.62. The van der Waals surface area contributed by atoms with E-state index in [1.165, 1.54) is 5.01 Å². The second kappa shape index (κ2) is 5.51. The Kier molecular flexibility index (Phi) is 4.31. The predicted molar refractivity (Wildman–Crippen MR) is 66.0 cm³/mol. The highest BCUT2D eigenvalue weighted by atomic mass is 35.5. The van der Waals surface area contributed by atoms with Crippen molar-refractivity contribution in [2.45, 2.75) is 0 Å². The number of likely N-dealkylation sites (N-methyl/N-ethyl adjacent to an activating group) is 1. The van der Waals surface area contributed by atoms with E-state index in [0.29, 0.717) is 6.54 Å². The number of hydrogen-bond acceptors (Lipinski definition) is 2. The lowest BCUT2D eigenvalue weighted by Crippen LogP contribution is -2.25. The van der Waals surface area contributed by atoms with E-state index in [0.717, 1.165) is 12.1 Å². The Morgan fingerprint density at radius 2 is 1.94 bits per heavy atom. The maximum atomic E-state index is 11.5. The van der Waals surface area contributed by atoms with Crippen LogP contribution in [0.4, 0.5) is 4.79 Å². The van der Waals surface area contributed by atoms with Gasteiger partial charge in [-0.05, 0) is 5.56 Å². The maximum Gasteiger partial charge on any atom is 0.340 e. The minimum Gasteiger partial charge on any atom is -0.324 e. The molecule has 4 nitrogen and oxygen atoms in total. The Balaban J connectivity index is 0.00000128. The smallest absolute Gasteiger partial charge is 0.324 e. The normalized spacial score (nSPS) is 15.7. The number of hydrazone groups is 1. The molecule has 86 valence electrons. The van der Waals surface area contributed by atoms with Gasteiger partial charge in [0.15, 0.2) is 0 Å². The van der Waals surface area contributed by atoms with E-state index in [4.69, 9.17) is 0 Å². The molecular weight excluding hydrogens is 226 g/mol. The summed E-state index contributed by atoms with van der Waals surface area (Å²) >= 11 is 0. The van der Waals surface area contributed by atoms with Gasteiger partial charge in [-0.2, -0.15) is 5.10 Å². The Labute approximate surface area is 101 Å². The highest BCUT2D eigenvalue weighted by Gasteiger charge is 2.24. The van der Waals surface area contributed by atoms with Gasteiger partial charge in [-0.25, -0.2) is 9.80 Å². The van der Waals surface area contributed by atoms with Crippen LogP contribution in [0.3, 0.4) is 0 Å². The molecule has 2 rings (SSSR count). The zero-order valence-electron chi connectivity index (χ0n) is 9.04. The summed E-state index contributed by atoms with van der Waals surface area (Å²) in [5.74, 6) is 0. The molecule has 5 heteroatoms. The number of amides is 2. The zero-order valence-corrected chi connectivity index (χ0v) is 9.85. The van der Waals surface area contributed by atoms with Crippen molar-refractivity contribution in [1.29, 1.82) is 0 Å². The predicted octanol–water partition coefficient (Wildman–Crippen LogP) is 1.81. The first-order chi connectivity index (χ1) is 7.27. The van der Waals surface area contributed by atoms with Crippen LogP contribution in [-0.4, -0.2) is 42.3 Å². The first kappa shape index (κ1) is 12.5. The van der Waals surface area contributed by atoms with Crippen LogP contribution >= 0.6 is 12.4 Å². The van der Waals surface area contributed by atoms with Crippen LogP contribution in [0.5, 0.6) is 0 Å². The highest BCUT2D eigenvalue weighted by Crippen LogP contribution is 2.06. The molecule has 1 saturated heterocycles. The molecule has 1 heterocycles. The van der Waals surface area contributed by atoms with Crippen molar-refractivity contribution < 1.29 is 4.79 Å². The largest absolute Gasteiger partial charge is 0.340 e. The van der Waals surface area contributed by atoms with E-state index in [-0.39, 0.29) is 18.4 Å². The molecule has 0 spiro atoms. The van der Waals surface area contributed by atoms with Crippen molar-refractivity contribution in [3.63, 3.8) is 0 Å². The lowest BCUT2D eigenvalue weighted by Gasteiger charge is -2.08. The number of halogens is 1. The standard InChI is InChI=1S/C11H13N3O.ClH/c1-13-7-8-14(11(13)15)12-9-10-5-3-2-4-6-10;/h2-6,9H,7-8H2,1H3;1H. The average molecular weight is 240 g/mol. The second-order valence-electron chi connectivity index (χ2n) is 3.48. The fourth-order valence-corrected chi connectivity index (χ4v) is 1.42. The Hall–Kier alpha value is -1.55. The Morgan fingerprint density at radius 3 is 2.50 bits per heavy atom. The van der Waals surface area contributed by atoms with Gasteiger partial charge in [-0.1, -0.05) is 30.3 Å². The number of hydrogen-bond donors (Lipinski definition) is 0. The molecule has 0 aliphatic carbocycles. The van der Waals surface area contributed by atoms with Crippen LogP contribution < -0.4 is 0 Å². The van der Waals surface area contributed by atoms with E-state index in [1.54, 1.807) is 18.2 Å². The molecule has 0 aromatic heterocycles. The summed E-state index contributed by atoms with van der Waals surface area (Å²) in [6, 6.07) is 9.70. The van der Waals surface area contributed by atoms with Gasteiger partial charge in [0.1, 0.15) is 0 Å². The first-order valence-corrected chi connectivity index (χ1v) is 4.89. The Morgan fingerprint density at radius 1 is 1.25 bits per heavy atom. The molecule has 0 bridgehead atoms. The first-order valence-electron chi connectivity index (χ1n) is 4.89. The third-order valence-corrected chi connectivity index (χ3v) is 2.34. The van der Waals surface area contributed by atoms with E-state index >= 15 is 0 Å². The van der Waals surface area contributed by atoms with Crippen molar-refractivity contribution >= 4 is 24.7 Å². The zero-order chi connectivity index (χ0) is 10.7. The summed E-state index contributed by atoms with van der Waals surface area (Å²) in [6.45, 7) is 1.41. The molecule has 0 N–H and O–H groups in total. The molecule has 1 aromatic rings. The van der Waals surface area contributed by atoms with Gasteiger partial charge in [-0.3, -0.25) is 0 Å². The Bertz CT molecular complexity index is 380. The number of carbonyl (C=O) groups excluding carboxylic acids is 1. The molecule has 2 amide bonds. The van der Waals surface area contributed by atoms with Gasteiger partial charge in [0, 0.05) is 13.6 Å². The molecule has 1 aliphatic rings. The van der Waals surface area contributed by atoms with Crippen LogP contribution in [0.25, 0.3) is 0 Å². The van der Waals surface area contributed by atoms with Crippen molar-refractivity contribution in [3.05, 3.63) is 35.9 Å². The minimum absolute atomic E-state index is 0. The molecule has 1 fully saturated rings. The van der Waals surface area contributed by atoms with Gasteiger partial charge >= 0.3 is 6.03 Å². The molecule has 0 unspecified atom stereocenters. The van der Waals surface area contributed by atoms with Crippen LogP contribution in [-0.2, 0) is 0 Å². The number of carbonyl (C=O) groups is 1. The number of urea groups is 1. The van der Waals surface area contributed by atoms with Gasteiger partial charge in [0.05, 0.1) is 12.8 Å². The molecule has 1 aromatic carbocycles. The maximum absolute atomic E-state index is 11.5. The lowest BCUT2D eigenvalue weighted by molar-refractivity contribution is 0.200. The molecular formula is C11H14ClN3O. The molecule has 0 radical (unpaired) electrons. The van der Waals surface area contributed by atoms with Crippen LogP contribution in [0.15, 0.2) is 35.4 Å². The third kappa shape index (κ3) is 2.73. The van der Waals surface area contributed by atoms with E-state index in [1.807, 2.05) is 30.3 Å². The quantitative estimate of drug-likeness (QED) is 0.725. The van der Waals surface area contributed by atoms with Crippen molar-refractivity contribution in [2.75, 3.05) is 20.1 Å². The van der Waals surface area contributed by atoms with Crippen LogP contribution in [0, 0.1) is 0 Å². The van der Waals surface area contributed by atoms with Crippen LogP contribution in [0.2, 0.25) is 0 Å². The van der Waals surface area contributed by atoms with Crippen LogP contribution in [0.1, 0.15) is 5.56 Å². The summed E-state index contributed by atoms with van der Waals surface area (Å²) in [7, 11) is 1.78. The number of benzene rings is 1. The van der Waals surface area contributed by atoms with Gasteiger partial charge in [-0.15, -0.1) is 12.4 Å². The van der Waals surface area contributed by atoms with E-state index < -0.39 is 0 Å². The number of nitrogens with zero attached hydrogens (tertiary/aromatic N) is 3. The van der Waals surface area contributed by atoms with Gasteiger partial charge in [0.2, 0.25) is 0 Å². The van der Waals surface area contributed by atoms with Crippen molar-refractivity contribution in [3.8, 4) is 0 Å². The third-order valence-electron chi connectivity index (χ3n) is 2.34. The van der Waals surface area contributed by atoms with E-state index in [2.05, 4.69) is 5.10 Å². The number of rotatable bonds is 2. The van der Waals surface area contributed by atoms with Crippen molar-refractivity contribution in [2.24, 2.45) is 5.10 Å². The fraction of sp³-hybridized carbons (Fsp3) is 0.273. The highest BCUT2D eigenvalue weighted by molar-refractivity contribution is 5.85. The van der Waals surface area contributed by atoms with Gasteiger partial charge in [0.25, 0.3) is 0 Å². The minimum atomic E-state index is -0.0396. The summed E-state index contributed by atoms with van der Waals surface area (Å²) in [5.41, 5.74) is 1.000. The summed E-state index contributed by atoms with van der Waals surface area (Å²) in [4.78, 5) is 13.1. The van der Waals surface area contributed by atoms with E-state index in [9.17, 15) is 4.79 Å².